The van der Waals surface area contributed by atoms with Crippen molar-refractivity contribution in [3.63, 3.8) is 0 Å². The highest BCUT2D eigenvalue weighted by atomic mass is 16.5. The lowest BCUT2D eigenvalue weighted by molar-refractivity contribution is -0.141. The van der Waals surface area contributed by atoms with E-state index in [2.05, 4.69) is 22.0 Å². The number of amides is 2. The van der Waals surface area contributed by atoms with E-state index in [4.69, 9.17) is 9.47 Å². The Morgan fingerprint density at radius 1 is 1.00 bits per heavy atom. The summed E-state index contributed by atoms with van der Waals surface area (Å²) in [4.78, 5) is 31.3. The molecule has 0 bridgehead atoms. The Kier molecular flexibility index (Phi) is 8.05. The van der Waals surface area contributed by atoms with Crippen LogP contribution in [0.4, 0.5) is 5.82 Å². The van der Waals surface area contributed by atoms with Crippen LogP contribution in [0.1, 0.15) is 32.6 Å². The lowest BCUT2D eigenvalue weighted by atomic mass is 10.1. The Morgan fingerprint density at radius 3 is 2.34 bits per heavy atom. The second kappa shape index (κ2) is 11.4. The molecule has 2 heterocycles. The number of methoxy groups -OCH3 is 2. The predicted octanol–water partition coefficient (Wildman–Crippen LogP) is 2.85. The molecule has 9 heteroatoms. The fraction of sp³-hybridized carbons (Fsp3) is 0.538. The third-order valence-corrected chi connectivity index (χ3v) is 6.63. The molecule has 9 nitrogen and oxygen atoms in total. The first-order valence-electron chi connectivity index (χ1n) is 12.4. The number of hydrogen-bond acceptors (Lipinski definition) is 7. The Labute approximate surface area is 207 Å². The Hall–Kier alpha value is -3.36. The average Bonchev–Trinajstić information content (AvgIpc) is 3.76. The van der Waals surface area contributed by atoms with Crippen LogP contribution in [0.5, 0.6) is 11.5 Å². The summed E-state index contributed by atoms with van der Waals surface area (Å²) in [5, 5.41) is 8.83. The van der Waals surface area contributed by atoms with Crippen LogP contribution in [0.15, 0.2) is 30.3 Å². The van der Waals surface area contributed by atoms with E-state index in [1.165, 1.54) is 0 Å². The number of benzene rings is 1. The molecule has 35 heavy (non-hydrogen) atoms. The number of anilines is 1. The molecule has 1 saturated carbocycles. The van der Waals surface area contributed by atoms with Gasteiger partial charge in [0.05, 0.1) is 26.5 Å². The summed E-state index contributed by atoms with van der Waals surface area (Å²) in [5.74, 6) is 2.41. The average molecular weight is 482 g/mol. The van der Waals surface area contributed by atoms with Gasteiger partial charge in [0.25, 0.3) is 0 Å². The number of ether oxygens (including phenoxy) is 2. The first-order valence-corrected chi connectivity index (χ1v) is 12.4. The summed E-state index contributed by atoms with van der Waals surface area (Å²) < 4.78 is 10.7. The smallest absolute Gasteiger partial charge is 0.242 e. The van der Waals surface area contributed by atoms with Gasteiger partial charge < -0.3 is 24.2 Å². The van der Waals surface area contributed by atoms with Crippen molar-refractivity contribution >= 4 is 17.6 Å². The normalized spacial score (nSPS) is 15.6. The van der Waals surface area contributed by atoms with Crippen LogP contribution in [0.25, 0.3) is 11.3 Å². The standard InChI is InChI=1S/C26H35N5O4/c1-4-5-12-31(26(33)19-6-7-19)18-25(32)30-15-13-29(14-16-30)24-11-9-21(27-28-24)20-8-10-22(34-2)23(17-20)35-3/h8-11,17,19H,4-7,12-16,18H2,1-3H3. The van der Waals surface area contributed by atoms with Crippen molar-refractivity contribution in [1.29, 1.82) is 0 Å². The number of nitrogens with zero attached hydrogens (tertiary/aromatic N) is 5. The molecular formula is C26H35N5O4. The Bertz CT molecular complexity index is 1020. The van der Waals surface area contributed by atoms with Crippen molar-refractivity contribution in [2.75, 3.05) is 58.4 Å². The third kappa shape index (κ3) is 6.01. The van der Waals surface area contributed by atoms with Crippen LogP contribution in [0.2, 0.25) is 0 Å². The SMILES string of the molecule is CCCCN(CC(=O)N1CCN(c2ccc(-c3ccc(OC)c(OC)c3)nn2)CC1)C(=O)C1CC1. The fourth-order valence-electron chi connectivity index (χ4n) is 4.30. The molecule has 2 amide bonds. The van der Waals surface area contributed by atoms with E-state index < -0.39 is 0 Å². The second-order valence-corrected chi connectivity index (χ2v) is 9.10. The topological polar surface area (TPSA) is 88.1 Å². The molecule has 0 unspecified atom stereocenters. The van der Waals surface area contributed by atoms with Gasteiger partial charge in [0.1, 0.15) is 0 Å². The van der Waals surface area contributed by atoms with Gasteiger partial charge in [-0.2, -0.15) is 0 Å². The highest BCUT2D eigenvalue weighted by Gasteiger charge is 2.34. The van der Waals surface area contributed by atoms with Crippen molar-refractivity contribution in [3.8, 4) is 22.8 Å². The van der Waals surface area contributed by atoms with Crippen molar-refractivity contribution in [1.82, 2.24) is 20.0 Å². The summed E-state index contributed by atoms with van der Waals surface area (Å²) in [6, 6.07) is 9.55. The molecule has 1 aromatic heterocycles. The van der Waals surface area contributed by atoms with Crippen LogP contribution in [-0.4, -0.2) is 85.3 Å². The molecule has 2 fully saturated rings. The van der Waals surface area contributed by atoms with Crippen LogP contribution >= 0.6 is 0 Å². The van der Waals surface area contributed by atoms with Crippen LogP contribution in [0, 0.1) is 5.92 Å². The minimum Gasteiger partial charge on any atom is -0.493 e. The van der Waals surface area contributed by atoms with Gasteiger partial charge in [0, 0.05) is 44.2 Å². The van der Waals surface area contributed by atoms with Crippen molar-refractivity contribution in [2.24, 2.45) is 5.92 Å². The van der Waals surface area contributed by atoms with Crippen LogP contribution in [0.3, 0.4) is 0 Å². The highest BCUT2D eigenvalue weighted by Crippen LogP contribution is 2.32. The quantitative estimate of drug-likeness (QED) is 0.516. The van der Waals surface area contributed by atoms with Gasteiger partial charge >= 0.3 is 0 Å². The van der Waals surface area contributed by atoms with Gasteiger partial charge in [-0.25, -0.2) is 0 Å². The van der Waals surface area contributed by atoms with Gasteiger partial charge in [0.2, 0.25) is 11.8 Å². The van der Waals surface area contributed by atoms with E-state index in [-0.39, 0.29) is 24.3 Å². The number of rotatable bonds is 10. The molecule has 188 valence electrons. The lowest BCUT2D eigenvalue weighted by Crippen LogP contribution is -2.52. The van der Waals surface area contributed by atoms with Gasteiger partial charge in [-0.15, -0.1) is 10.2 Å². The number of piperazine rings is 1. The largest absolute Gasteiger partial charge is 0.493 e. The zero-order valence-corrected chi connectivity index (χ0v) is 20.9. The van der Waals surface area contributed by atoms with E-state index in [1.807, 2.05) is 35.2 Å². The van der Waals surface area contributed by atoms with Crippen molar-refractivity contribution in [3.05, 3.63) is 30.3 Å². The molecule has 0 atom stereocenters. The molecular weight excluding hydrogens is 446 g/mol. The van der Waals surface area contributed by atoms with Crippen LogP contribution in [-0.2, 0) is 9.59 Å². The molecule has 1 aliphatic carbocycles. The first-order chi connectivity index (χ1) is 17.0. The predicted molar refractivity (Wildman–Crippen MR) is 134 cm³/mol. The molecule has 2 aromatic rings. The second-order valence-electron chi connectivity index (χ2n) is 9.10. The highest BCUT2D eigenvalue weighted by molar-refractivity contribution is 5.87. The molecule has 0 N–H and O–H groups in total. The molecule has 1 aliphatic heterocycles. The van der Waals surface area contributed by atoms with E-state index in [0.717, 1.165) is 42.8 Å². The van der Waals surface area contributed by atoms with Gasteiger partial charge in [-0.1, -0.05) is 13.3 Å². The van der Waals surface area contributed by atoms with Gasteiger partial charge in [0.15, 0.2) is 17.3 Å². The molecule has 1 saturated heterocycles. The summed E-state index contributed by atoms with van der Waals surface area (Å²) in [6.07, 6.45) is 3.85. The molecule has 4 rings (SSSR count). The van der Waals surface area contributed by atoms with Gasteiger partial charge in [-0.3, -0.25) is 9.59 Å². The summed E-state index contributed by atoms with van der Waals surface area (Å²) >= 11 is 0. The van der Waals surface area contributed by atoms with E-state index in [9.17, 15) is 9.59 Å². The number of carbonyl (C=O) groups is 2. The maximum Gasteiger partial charge on any atom is 0.242 e. The molecule has 0 spiro atoms. The number of aromatic nitrogens is 2. The van der Waals surface area contributed by atoms with E-state index >= 15 is 0 Å². The molecule has 0 radical (unpaired) electrons. The summed E-state index contributed by atoms with van der Waals surface area (Å²) in [7, 11) is 3.21. The third-order valence-electron chi connectivity index (χ3n) is 6.63. The number of unbranched alkanes of at least 4 members (excludes halogenated alkanes) is 1. The monoisotopic (exact) mass is 481 g/mol. The van der Waals surface area contributed by atoms with E-state index in [1.54, 1.807) is 19.1 Å². The maximum absolute atomic E-state index is 12.9. The maximum atomic E-state index is 12.9. The minimum atomic E-state index is 0.0321. The Morgan fingerprint density at radius 2 is 1.74 bits per heavy atom. The number of hydrogen-bond donors (Lipinski definition) is 0. The van der Waals surface area contributed by atoms with Crippen LogP contribution < -0.4 is 14.4 Å². The lowest BCUT2D eigenvalue weighted by Gasteiger charge is -2.36. The van der Waals surface area contributed by atoms with Crippen molar-refractivity contribution in [2.45, 2.75) is 32.6 Å². The molecule has 2 aliphatic rings. The summed E-state index contributed by atoms with van der Waals surface area (Å²) in [6.45, 7) is 5.54. The Balaban J connectivity index is 1.32. The molecule has 1 aromatic carbocycles. The number of carbonyl (C=O) groups excluding carboxylic acids is 2. The summed E-state index contributed by atoms with van der Waals surface area (Å²) in [5.41, 5.74) is 1.64. The zero-order chi connectivity index (χ0) is 24.8. The fourth-order valence-corrected chi connectivity index (χ4v) is 4.30. The van der Waals surface area contributed by atoms with Gasteiger partial charge in [-0.05, 0) is 49.6 Å². The van der Waals surface area contributed by atoms with Crippen molar-refractivity contribution < 1.29 is 19.1 Å². The minimum absolute atomic E-state index is 0.0321. The van der Waals surface area contributed by atoms with E-state index in [0.29, 0.717) is 44.2 Å². The zero-order valence-electron chi connectivity index (χ0n) is 20.9. The first kappa shape index (κ1) is 24.8.